The lowest BCUT2D eigenvalue weighted by Crippen LogP contribution is -2.21. The van der Waals surface area contributed by atoms with Gasteiger partial charge in [0.05, 0.1) is 22.8 Å². The molecule has 0 fully saturated rings. The number of benzene rings is 2. The van der Waals surface area contributed by atoms with Crippen LogP contribution in [-0.4, -0.2) is 28.3 Å². The van der Waals surface area contributed by atoms with Gasteiger partial charge in [0.25, 0.3) is 5.91 Å². The van der Waals surface area contributed by atoms with Crippen molar-refractivity contribution in [3.8, 4) is 5.69 Å². The molecule has 7 nitrogen and oxygen atoms in total. The van der Waals surface area contributed by atoms with E-state index in [0.29, 0.717) is 22.3 Å². The van der Waals surface area contributed by atoms with Crippen LogP contribution < -0.4 is 5.32 Å². The lowest BCUT2D eigenvalue weighted by molar-refractivity contribution is -0.119. The van der Waals surface area contributed by atoms with Crippen molar-refractivity contribution >= 4 is 28.5 Å². The van der Waals surface area contributed by atoms with Gasteiger partial charge in [0.15, 0.2) is 18.0 Å². The predicted molar refractivity (Wildman–Crippen MR) is 118 cm³/mol. The number of fused-ring (bicyclic) bond motifs is 1. The first-order valence-electron chi connectivity index (χ1n) is 10.0. The summed E-state index contributed by atoms with van der Waals surface area (Å²) in [6, 6.07) is 12.3. The van der Waals surface area contributed by atoms with E-state index in [1.54, 1.807) is 24.6 Å². The van der Waals surface area contributed by atoms with Crippen LogP contribution in [0.3, 0.4) is 0 Å². The molecule has 0 unspecified atom stereocenters. The highest BCUT2D eigenvalue weighted by Gasteiger charge is 2.22. The normalized spacial score (nSPS) is 11.0. The summed E-state index contributed by atoms with van der Waals surface area (Å²) >= 11 is 0. The van der Waals surface area contributed by atoms with Crippen LogP contribution in [-0.2, 0) is 9.53 Å². The second kappa shape index (κ2) is 8.30. The smallest absolute Gasteiger partial charge is 0.375 e. The molecule has 8 heteroatoms. The third-order valence-corrected chi connectivity index (χ3v) is 5.27. The fourth-order valence-corrected chi connectivity index (χ4v) is 3.54. The number of carbonyl (C=O) groups is 2. The number of para-hydroxylation sites is 1. The zero-order valence-corrected chi connectivity index (χ0v) is 18.2. The summed E-state index contributed by atoms with van der Waals surface area (Å²) in [6.45, 7) is 6.74. The van der Waals surface area contributed by atoms with Crippen molar-refractivity contribution in [3.05, 3.63) is 76.6 Å². The molecule has 0 spiro atoms. The first-order valence-corrected chi connectivity index (χ1v) is 10.0. The molecule has 2 aromatic heterocycles. The zero-order chi connectivity index (χ0) is 23.0. The van der Waals surface area contributed by atoms with Crippen LogP contribution in [0.5, 0.6) is 0 Å². The molecule has 0 saturated carbocycles. The first-order chi connectivity index (χ1) is 15.3. The van der Waals surface area contributed by atoms with Crippen LogP contribution in [0.4, 0.5) is 10.1 Å². The highest BCUT2D eigenvalue weighted by Crippen LogP contribution is 2.28. The monoisotopic (exact) mass is 435 g/mol. The Morgan fingerprint density at radius 3 is 2.50 bits per heavy atom. The molecule has 0 aliphatic heterocycles. The molecule has 4 aromatic rings. The van der Waals surface area contributed by atoms with Gasteiger partial charge in [0.1, 0.15) is 0 Å². The number of esters is 1. The minimum absolute atomic E-state index is 0.0174. The number of nitrogens with zero attached hydrogens (tertiary/aromatic N) is 2. The Morgan fingerprint density at radius 2 is 1.81 bits per heavy atom. The average molecular weight is 435 g/mol. The molecule has 32 heavy (non-hydrogen) atoms. The van der Waals surface area contributed by atoms with Gasteiger partial charge in [-0.2, -0.15) is 5.10 Å². The molecule has 0 aliphatic rings. The van der Waals surface area contributed by atoms with Gasteiger partial charge in [-0.15, -0.1) is 0 Å². The molecule has 0 bridgehead atoms. The van der Waals surface area contributed by atoms with Crippen molar-refractivity contribution in [2.24, 2.45) is 0 Å². The standard InChI is InChI=1S/C24H22FN3O4/c1-13-8-10-17(11-9-13)28-16(4)21(15(3)27-28)26-20(29)12-31-24(30)22-14(2)18-6-5-7-19(25)23(18)32-22/h5-11H,12H2,1-4H3,(H,26,29). The number of rotatable bonds is 5. The van der Waals surface area contributed by atoms with Crippen LogP contribution in [0, 0.1) is 33.5 Å². The molecular formula is C24H22FN3O4. The molecule has 1 N–H and O–H groups in total. The van der Waals surface area contributed by atoms with Gasteiger partial charge in [-0.3, -0.25) is 4.79 Å². The van der Waals surface area contributed by atoms with E-state index in [9.17, 15) is 14.0 Å². The second-order valence-electron chi connectivity index (χ2n) is 7.59. The summed E-state index contributed by atoms with van der Waals surface area (Å²) in [4.78, 5) is 24.9. The van der Waals surface area contributed by atoms with Crippen molar-refractivity contribution < 1.29 is 23.1 Å². The van der Waals surface area contributed by atoms with Crippen LogP contribution in [0.25, 0.3) is 16.7 Å². The van der Waals surface area contributed by atoms with Crippen molar-refractivity contribution in [2.45, 2.75) is 27.7 Å². The maximum absolute atomic E-state index is 13.9. The average Bonchev–Trinajstić information content (AvgIpc) is 3.25. The van der Waals surface area contributed by atoms with Gasteiger partial charge < -0.3 is 14.5 Å². The van der Waals surface area contributed by atoms with Crippen molar-refractivity contribution in [3.63, 3.8) is 0 Å². The quantitative estimate of drug-likeness (QED) is 0.456. The Kier molecular flexibility index (Phi) is 5.52. The van der Waals surface area contributed by atoms with Crippen molar-refractivity contribution in [1.82, 2.24) is 9.78 Å². The number of halogens is 1. The first kappa shape index (κ1) is 21.3. The number of hydrogen-bond acceptors (Lipinski definition) is 5. The largest absolute Gasteiger partial charge is 0.450 e. The number of furan rings is 1. The predicted octanol–water partition coefficient (Wildman–Crippen LogP) is 4.79. The Morgan fingerprint density at radius 1 is 1.09 bits per heavy atom. The van der Waals surface area contributed by atoms with Crippen molar-refractivity contribution in [2.75, 3.05) is 11.9 Å². The second-order valence-corrected chi connectivity index (χ2v) is 7.59. The maximum atomic E-state index is 13.9. The van der Waals surface area contributed by atoms with Crippen LogP contribution in [0.15, 0.2) is 46.9 Å². The van der Waals surface area contributed by atoms with Crippen molar-refractivity contribution in [1.29, 1.82) is 0 Å². The number of nitrogens with one attached hydrogen (secondary N) is 1. The number of ether oxygens (including phenoxy) is 1. The van der Waals surface area contributed by atoms with Gasteiger partial charge in [0.2, 0.25) is 5.76 Å². The minimum atomic E-state index is -0.836. The molecule has 4 rings (SSSR count). The Hall–Kier alpha value is -3.94. The Balaban J connectivity index is 1.46. The molecule has 2 heterocycles. The summed E-state index contributed by atoms with van der Waals surface area (Å²) in [5.41, 5.74) is 4.37. The van der Waals surface area contributed by atoms with E-state index in [4.69, 9.17) is 9.15 Å². The SMILES string of the molecule is Cc1ccc(-n2nc(C)c(NC(=O)COC(=O)c3oc4c(F)cccc4c3C)c2C)cc1. The molecule has 0 radical (unpaired) electrons. The summed E-state index contributed by atoms with van der Waals surface area (Å²) < 4.78 is 26.1. The lowest BCUT2D eigenvalue weighted by Gasteiger charge is -2.08. The Bertz CT molecular complexity index is 1340. The molecule has 0 atom stereocenters. The third-order valence-electron chi connectivity index (χ3n) is 5.27. The van der Waals surface area contributed by atoms with Crippen LogP contribution >= 0.6 is 0 Å². The number of anilines is 1. The number of hydrogen-bond donors (Lipinski definition) is 1. The lowest BCUT2D eigenvalue weighted by atomic mass is 10.1. The molecule has 0 aliphatic carbocycles. The van der Waals surface area contributed by atoms with E-state index in [1.807, 2.05) is 38.1 Å². The van der Waals surface area contributed by atoms with Gasteiger partial charge in [0, 0.05) is 10.9 Å². The van der Waals surface area contributed by atoms with Gasteiger partial charge in [-0.25, -0.2) is 13.9 Å². The third kappa shape index (κ3) is 3.87. The highest BCUT2D eigenvalue weighted by molar-refractivity contribution is 5.98. The Labute approximate surface area is 183 Å². The van der Waals surface area contributed by atoms with E-state index in [2.05, 4.69) is 10.4 Å². The number of aryl methyl sites for hydroxylation is 3. The maximum Gasteiger partial charge on any atom is 0.375 e. The van der Waals surface area contributed by atoms with Crippen LogP contribution in [0.1, 0.15) is 33.1 Å². The minimum Gasteiger partial charge on any atom is -0.450 e. The highest BCUT2D eigenvalue weighted by atomic mass is 19.1. The number of carbonyl (C=O) groups excluding carboxylic acids is 2. The summed E-state index contributed by atoms with van der Waals surface area (Å²) in [6.07, 6.45) is 0. The number of aromatic nitrogens is 2. The molecule has 1 amide bonds. The van der Waals surface area contributed by atoms with E-state index in [-0.39, 0.29) is 11.3 Å². The van der Waals surface area contributed by atoms with Gasteiger partial charge in [-0.1, -0.05) is 29.8 Å². The molecule has 164 valence electrons. The van der Waals surface area contributed by atoms with E-state index in [1.165, 1.54) is 12.1 Å². The number of amides is 1. The summed E-state index contributed by atoms with van der Waals surface area (Å²) in [5, 5.41) is 7.72. The zero-order valence-electron chi connectivity index (χ0n) is 18.2. The topological polar surface area (TPSA) is 86.4 Å². The van der Waals surface area contributed by atoms with E-state index < -0.39 is 24.3 Å². The van der Waals surface area contributed by atoms with Gasteiger partial charge in [-0.05, 0) is 45.9 Å². The van der Waals surface area contributed by atoms with E-state index in [0.717, 1.165) is 16.9 Å². The molecule has 0 saturated heterocycles. The van der Waals surface area contributed by atoms with Gasteiger partial charge >= 0.3 is 5.97 Å². The summed E-state index contributed by atoms with van der Waals surface area (Å²) in [7, 11) is 0. The van der Waals surface area contributed by atoms with Crippen LogP contribution in [0.2, 0.25) is 0 Å². The fraction of sp³-hybridized carbons (Fsp3) is 0.208. The molecule has 2 aromatic carbocycles. The molecular weight excluding hydrogens is 413 g/mol. The van der Waals surface area contributed by atoms with E-state index >= 15 is 0 Å². The summed E-state index contributed by atoms with van der Waals surface area (Å²) in [5.74, 6) is -2.05. The fourth-order valence-electron chi connectivity index (χ4n) is 3.54.